The number of nitrogens with one attached hydrogen (secondary N) is 1. The lowest BCUT2D eigenvalue weighted by atomic mass is 10.0. The van der Waals surface area contributed by atoms with Crippen molar-refractivity contribution in [1.29, 1.82) is 0 Å². The maximum absolute atomic E-state index is 12.9. The highest BCUT2D eigenvalue weighted by Gasteiger charge is 2.41. The number of carbonyl (C=O) groups excluding carboxylic acids is 1. The highest BCUT2D eigenvalue weighted by molar-refractivity contribution is 6.14. The van der Waals surface area contributed by atoms with E-state index in [9.17, 15) is 31.1 Å². The molecule has 1 atom stereocenters. The predicted molar refractivity (Wildman–Crippen MR) is 103 cm³/mol. The maximum Gasteiger partial charge on any atom is 0.416 e. The van der Waals surface area contributed by atoms with Gasteiger partial charge in [0.05, 0.1) is 36.3 Å². The Labute approximate surface area is 177 Å². The average Bonchev–Trinajstić information content (AvgIpc) is 2.76. The molecule has 2 heterocycles. The molecular formula is C20H16F6N4O2. The van der Waals surface area contributed by atoms with Gasteiger partial charge in [0.1, 0.15) is 6.04 Å². The van der Waals surface area contributed by atoms with Crippen molar-refractivity contribution in [2.75, 3.05) is 18.2 Å². The van der Waals surface area contributed by atoms with Crippen molar-refractivity contribution in [3.63, 3.8) is 0 Å². The summed E-state index contributed by atoms with van der Waals surface area (Å²) in [6.07, 6.45) is -5.34. The summed E-state index contributed by atoms with van der Waals surface area (Å²) in [7, 11) is 0. The molecular weight excluding hydrogens is 442 g/mol. The van der Waals surface area contributed by atoms with Gasteiger partial charge in [-0.25, -0.2) is 0 Å². The molecule has 170 valence electrons. The molecule has 1 aliphatic rings. The SMILES string of the molecule is O=C(N[C@H](CO)C(F)(F)F)C1=CC(c2ccc(C(F)(F)F)cc2)=NN(c2cccnc2)C1. The van der Waals surface area contributed by atoms with Crippen LogP contribution in [0, 0.1) is 0 Å². The molecule has 0 saturated heterocycles. The molecule has 0 saturated carbocycles. The summed E-state index contributed by atoms with van der Waals surface area (Å²) >= 11 is 0. The van der Waals surface area contributed by atoms with E-state index in [-0.39, 0.29) is 23.4 Å². The molecule has 3 rings (SSSR count). The number of halogens is 6. The van der Waals surface area contributed by atoms with Crippen LogP contribution in [0.2, 0.25) is 0 Å². The molecule has 2 N–H and O–H groups in total. The molecule has 1 aromatic heterocycles. The van der Waals surface area contributed by atoms with Crippen LogP contribution in [0.5, 0.6) is 0 Å². The zero-order valence-electron chi connectivity index (χ0n) is 16.2. The number of hydrogen-bond acceptors (Lipinski definition) is 5. The van der Waals surface area contributed by atoms with Crippen LogP contribution in [0.4, 0.5) is 32.0 Å². The smallest absolute Gasteiger partial charge is 0.394 e. The molecule has 0 radical (unpaired) electrons. The number of allylic oxidation sites excluding steroid dienone is 1. The standard InChI is InChI=1S/C20H16F6N4O2/c21-19(22,23)14-5-3-12(4-6-14)16-8-13(18(32)28-17(11-31)20(24,25)26)10-30(29-16)15-2-1-7-27-9-15/h1-9,17,31H,10-11H2,(H,28,32)/t17-/m1/s1. The largest absolute Gasteiger partial charge is 0.416 e. The second-order valence-corrected chi connectivity index (χ2v) is 6.75. The van der Waals surface area contributed by atoms with Gasteiger partial charge in [-0.05, 0) is 30.3 Å². The summed E-state index contributed by atoms with van der Waals surface area (Å²) in [6, 6.07) is 4.65. The fraction of sp³-hybridized carbons (Fsp3) is 0.250. The molecule has 12 heteroatoms. The topological polar surface area (TPSA) is 77.8 Å². The normalized spacial score (nSPS) is 15.7. The van der Waals surface area contributed by atoms with Crippen molar-refractivity contribution in [2.24, 2.45) is 5.10 Å². The number of pyridine rings is 1. The van der Waals surface area contributed by atoms with Crippen molar-refractivity contribution in [2.45, 2.75) is 18.4 Å². The van der Waals surface area contributed by atoms with Gasteiger partial charge in [-0.2, -0.15) is 31.4 Å². The molecule has 0 bridgehead atoms. The highest BCUT2D eigenvalue weighted by atomic mass is 19.4. The monoisotopic (exact) mass is 458 g/mol. The quantitative estimate of drug-likeness (QED) is 0.675. The lowest BCUT2D eigenvalue weighted by molar-refractivity contribution is -0.167. The van der Waals surface area contributed by atoms with Crippen molar-refractivity contribution in [3.8, 4) is 0 Å². The van der Waals surface area contributed by atoms with Crippen LogP contribution in [0.15, 0.2) is 65.5 Å². The summed E-state index contributed by atoms with van der Waals surface area (Å²) in [5.74, 6) is -1.10. The summed E-state index contributed by atoms with van der Waals surface area (Å²) in [6.45, 7) is -1.58. The lowest BCUT2D eigenvalue weighted by Gasteiger charge is -2.27. The molecule has 1 aliphatic heterocycles. The summed E-state index contributed by atoms with van der Waals surface area (Å²) in [5.41, 5.74) is -0.344. The molecule has 0 aliphatic carbocycles. The number of aliphatic hydroxyl groups is 1. The number of anilines is 1. The van der Waals surface area contributed by atoms with Gasteiger partial charge < -0.3 is 10.4 Å². The number of aliphatic hydroxyl groups excluding tert-OH is 1. The first kappa shape index (κ1) is 23.3. The van der Waals surface area contributed by atoms with E-state index in [0.29, 0.717) is 5.69 Å². The highest BCUT2D eigenvalue weighted by Crippen LogP contribution is 2.30. The zero-order chi connectivity index (χ0) is 23.5. The Morgan fingerprint density at radius 3 is 2.34 bits per heavy atom. The first-order valence-corrected chi connectivity index (χ1v) is 9.12. The van der Waals surface area contributed by atoms with E-state index in [1.165, 1.54) is 23.5 Å². The number of alkyl halides is 6. The van der Waals surface area contributed by atoms with Crippen LogP contribution < -0.4 is 10.3 Å². The first-order valence-electron chi connectivity index (χ1n) is 9.12. The van der Waals surface area contributed by atoms with Crippen molar-refractivity contribution in [3.05, 3.63) is 71.6 Å². The van der Waals surface area contributed by atoms with Crippen molar-refractivity contribution >= 4 is 17.3 Å². The molecule has 0 spiro atoms. The number of benzene rings is 1. The number of amides is 1. The lowest BCUT2D eigenvalue weighted by Crippen LogP contribution is -2.49. The summed E-state index contributed by atoms with van der Waals surface area (Å²) in [4.78, 5) is 16.4. The van der Waals surface area contributed by atoms with Crippen molar-refractivity contribution in [1.82, 2.24) is 10.3 Å². The van der Waals surface area contributed by atoms with Crippen LogP contribution in [-0.2, 0) is 11.0 Å². The number of hydrogen-bond donors (Lipinski definition) is 2. The third-order valence-corrected chi connectivity index (χ3v) is 4.49. The van der Waals surface area contributed by atoms with E-state index in [2.05, 4.69) is 10.1 Å². The minimum absolute atomic E-state index is 0.0616. The summed E-state index contributed by atoms with van der Waals surface area (Å²) in [5, 5.41) is 16.3. The van der Waals surface area contributed by atoms with Gasteiger partial charge in [-0.3, -0.25) is 14.8 Å². The molecule has 0 unspecified atom stereocenters. The van der Waals surface area contributed by atoms with Crippen LogP contribution in [0.3, 0.4) is 0 Å². The third kappa shape index (κ3) is 5.44. The van der Waals surface area contributed by atoms with Crippen molar-refractivity contribution < 1.29 is 36.2 Å². The number of carbonyl (C=O) groups is 1. The fourth-order valence-electron chi connectivity index (χ4n) is 2.81. The molecule has 6 nitrogen and oxygen atoms in total. The van der Waals surface area contributed by atoms with Crippen LogP contribution in [0.1, 0.15) is 11.1 Å². The molecule has 1 aromatic carbocycles. The van der Waals surface area contributed by atoms with E-state index >= 15 is 0 Å². The number of nitrogens with zero attached hydrogens (tertiary/aromatic N) is 3. The molecule has 0 fully saturated rings. The summed E-state index contributed by atoms with van der Waals surface area (Å²) < 4.78 is 77.3. The first-order chi connectivity index (χ1) is 15.0. The van der Waals surface area contributed by atoms with Gasteiger partial charge in [0.15, 0.2) is 0 Å². The third-order valence-electron chi connectivity index (χ3n) is 4.49. The van der Waals surface area contributed by atoms with Gasteiger partial charge in [0.25, 0.3) is 0 Å². The Kier molecular flexibility index (Phi) is 6.53. The number of aromatic nitrogens is 1. The van der Waals surface area contributed by atoms with Crippen LogP contribution >= 0.6 is 0 Å². The fourth-order valence-corrected chi connectivity index (χ4v) is 2.81. The second kappa shape index (κ2) is 8.99. The minimum Gasteiger partial charge on any atom is -0.394 e. The number of rotatable bonds is 5. The second-order valence-electron chi connectivity index (χ2n) is 6.75. The van der Waals surface area contributed by atoms with Crippen LogP contribution in [0.25, 0.3) is 0 Å². The van der Waals surface area contributed by atoms with E-state index in [4.69, 9.17) is 5.11 Å². The maximum atomic E-state index is 12.9. The molecule has 1 amide bonds. The van der Waals surface area contributed by atoms with Gasteiger partial charge in [0.2, 0.25) is 5.91 Å². The van der Waals surface area contributed by atoms with Gasteiger partial charge in [-0.15, -0.1) is 0 Å². The van der Waals surface area contributed by atoms with Gasteiger partial charge >= 0.3 is 12.4 Å². The predicted octanol–water partition coefficient (Wildman–Crippen LogP) is 3.29. The zero-order valence-corrected chi connectivity index (χ0v) is 16.2. The van der Waals surface area contributed by atoms with Gasteiger partial charge in [-0.1, -0.05) is 12.1 Å². The van der Waals surface area contributed by atoms with E-state index in [1.807, 2.05) is 0 Å². The Morgan fingerprint density at radius 2 is 1.81 bits per heavy atom. The van der Waals surface area contributed by atoms with E-state index in [1.54, 1.807) is 17.4 Å². The Bertz CT molecular complexity index is 1020. The number of hydrazone groups is 1. The molecule has 2 aromatic rings. The van der Waals surface area contributed by atoms with Gasteiger partial charge in [0, 0.05) is 17.3 Å². The Hall–Kier alpha value is -3.41. The van der Waals surface area contributed by atoms with E-state index < -0.39 is 36.5 Å². The van der Waals surface area contributed by atoms with E-state index in [0.717, 1.165) is 24.3 Å². The average molecular weight is 458 g/mol. The Morgan fingerprint density at radius 1 is 1.12 bits per heavy atom. The van der Waals surface area contributed by atoms with Crippen LogP contribution in [-0.4, -0.2) is 47.1 Å². The minimum atomic E-state index is -4.87. The Balaban J connectivity index is 1.96. The molecule has 32 heavy (non-hydrogen) atoms.